The molecule has 0 unspecified atom stereocenters. The van der Waals surface area contributed by atoms with Crippen LogP contribution >= 0.6 is 0 Å². The van der Waals surface area contributed by atoms with E-state index in [9.17, 15) is 14.8 Å². The number of anilines is 2. The Balaban J connectivity index is 1.97. The molecule has 0 radical (unpaired) electrons. The lowest BCUT2D eigenvalue weighted by molar-refractivity contribution is 0.248. The first-order valence-corrected chi connectivity index (χ1v) is 7.72. The van der Waals surface area contributed by atoms with Gasteiger partial charge in [0, 0.05) is 6.54 Å². The highest BCUT2D eigenvalue weighted by molar-refractivity contribution is 5.74. The standard InChI is InChI=1S/C17H22N2O3/c1-2-3-4-8-11-18-14-15(17(21)16(14)20)19(22)12-13-9-6-5-7-10-13/h5-7,9-10,18,22H,2-4,8,11-12H2,1H3. The second kappa shape index (κ2) is 7.75. The first-order chi connectivity index (χ1) is 10.6. The van der Waals surface area contributed by atoms with Crippen molar-refractivity contribution in [1.82, 2.24) is 0 Å². The van der Waals surface area contributed by atoms with Crippen molar-refractivity contribution < 1.29 is 5.21 Å². The molecule has 118 valence electrons. The molecule has 0 saturated heterocycles. The molecule has 0 heterocycles. The topological polar surface area (TPSA) is 69.6 Å². The van der Waals surface area contributed by atoms with Crippen molar-refractivity contribution in [3.8, 4) is 0 Å². The number of unbranched alkanes of at least 4 members (excludes halogenated alkanes) is 3. The van der Waals surface area contributed by atoms with E-state index in [2.05, 4.69) is 12.2 Å². The lowest BCUT2D eigenvalue weighted by atomic mass is 10.1. The third-order valence-electron chi connectivity index (χ3n) is 3.65. The SMILES string of the molecule is CCCCCCNc1c(N(O)Cc2ccccc2)c(=O)c1=O. The molecule has 0 aliphatic carbocycles. The van der Waals surface area contributed by atoms with Gasteiger partial charge >= 0.3 is 0 Å². The number of nitrogens with zero attached hydrogens (tertiary/aromatic N) is 1. The normalized spacial score (nSPS) is 10.8. The largest absolute Gasteiger partial charge is 0.380 e. The minimum atomic E-state index is -0.630. The molecule has 5 nitrogen and oxygen atoms in total. The van der Waals surface area contributed by atoms with Crippen LogP contribution in [0.1, 0.15) is 38.2 Å². The van der Waals surface area contributed by atoms with Gasteiger partial charge in [-0.15, -0.1) is 0 Å². The van der Waals surface area contributed by atoms with Crippen molar-refractivity contribution >= 4 is 11.4 Å². The van der Waals surface area contributed by atoms with Crippen molar-refractivity contribution in [2.45, 2.75) is 39.2 Å². The lowest BCUT2D eigenvalue weighted by Crippen LogP contribution is -2.41. The summed E-state index contributed by atoms with van der Waals surface area (Å²) in [5.74, 6) is 0. The van der Waals surface area contributed by atoms with Gasteiger partial charge in [0.15, 0.2) is 0 Å². The maximum Gasteiger partial charge on any atom is 0.255 e. The van der Waals surface area contributed by atoms with Crippen LogP contribution in [-0.4, -0.2) is 11.8 Å². The number of benzene rings is 1. The predicted molar refractivity (Wildman–Crippen MR) is 88.4 cm³/mol. The number of hydrogen-bond acceptors (Lipinski definition) is 5. The Hall–Kier alpha value is -2.14. The van der Waals surface area contributed by atoms with Gasteiger partial charge in [0.1, 0.15) is 11.4 Å². The van der Waals surface area contributed by atoms with Gasteiger partial charge in [0.25, 0.3) is 10.9 Å². The van der Waals surface area contributed by atoms with E-state index in [-0.39, 0.29) is 17.9 Å². The summed E-state index contributed by atoms with van der Waals surface area (Å²) in [6, 6.07) is 9.31. The molecule has 0 fully saturated rings. The van der Waals surface area contributed by atoms with E-state index in [1.807, 2.05) is 30.3 Å². The summed E-state index contributed by atoms with van der Waals surface area (Å²) in [7, 11) is 0. The zero-order chi connectivity index (χ0) is 15.9. The summed E-state index contributed by atoms with van der Waals surface area (Å²) in [6.45, 7) is 2.95. The van der Waals surface area contributed by atoms with Crippen LogP contribution in [0.15, 0.2) is 39.9 Å². The van der Waals surface area contributed by atoms with Gasteiger partial charge in [-0.05, 0) is 12.0 Å². The van der Waals surface area contributed by atoms with Crippen molar-refractivity contribution in [2.24, 2.45) is 0 Å². The summed E-state index contributed by atoms with van der Waals surface area (Å²) in [6.07, 6.45) is 4.32. The molecule has 0 saturated carbocycles. The molecule has 2 N–H and O–H groups in total. The van der Waals surface area contributed by atoms with Crippen LogP contribution in [0.4, 0.5) is 11.4 Å². The van der Waals surface area contributed by atoms with E-state index in [0.717, 1.165) is 36.3 Å². The molecule has 0 aliphatic rings. The van der Waals surface area contributed by atoms with Crippen LogP contribution < -0.4 is 21.2 Å². The summed E-state index contributed by atoms with van der Waals surface area (Å²) >= 11 is 0. The average molecular weight is 302 g/mol. The summed E-state index contributed by atoms with van der Waals surface area (Å²) < 4.78 is 0. The maximum absolute atomic E-state index is 11.7. The third-order valence-corrected chi connectivity index (χ3v) is 3.65. The van der Waals surface area contributed by atoms with Crippen molar-refractivity contribution in [3.05, 3.63) is 56.3 Å². The molecule has 0 bridgehead atoms. The molecule has 22 heavy (non-hydrogen) atoms. The fourth-order valence-electron chi connectivity index (χ4n) is 2.39. The third kappa shape index (κ3) is 3.74. The molecular weight excluding hydrogens is 280 g/mol. The highest BCUT2D eigenvalue weighted by atomic mass is 16.5. The predicted octanol–water partition coefficient (Wildman–Crippen LogP) is 2.67. The Morgan fingerprint density at radius 3 is 2.45 bits per heavy atom. The fraction of sp³-hybridized carbons (Fsp3) is 0.412. The van der Waals surface area contributed by atoms with Crippen LogP contribution in [0.3, 0.4) is 0 Å². The second-order valence-electron chi connectivity index (χ2n) is 5.41. The summed E-state index contributed by atoms with van der Waals surface area (Å²) in [5, 5.41) is 13.9. The summed E-state index contributed by atoms with van der Waals surface area (Å²) in [5.41, 5.74) is 0.00307. The molecule has 2 aromatic rings. The Kier molecular flexibility index (Phi) is 5.72. The van der Waals surface area contributed by atoms with Crippen LogP contribution in [0.2, 0.25) is 0 Å². The average Bonchev–Trinajstić information content (AvgIpc) is 2.53. The monoisotopic (exact) mass is 302 g/mol. The van der Waals surface area contributed by atoms with Gasteiger partial charge < -0.3 is 5.32 Å². The van der Waals surface area contributed by atoms with Gasteiger partial charge in [-0.1, -0.05) is 56.5 Å². The van der Waals surface area contributed by atoms with Gasteiger partial charge in [0.2, 0.25) is 0 Å². The first-order valence-electron chi connectivity index (χ1n) is 7.72. The van der Waals surface area contributed by atoms with Gasteiger partial charge in [-0.2, -0.15) is 0 Å². The van der Waals surface area contributed by atoms with Crippen LogP contribution in [0, 0.1) is 0 Å². The molecule has 0 spiro atoms. The highest BCUT2D eigenvalue weighted by Gasteiger charge is 2.25. The molecule has 0 amide bonds. The van der Waals surface area contributed by atoms with E-state index in [0.29, 0.717) is 6.54 Å². The molecule has 2 rings (SSSR count). The molecule has 0 atom stereocenters. The van der Waals surface area contributed by atoms with Crippen LogP contribution in [-0.2, 0) is 6.54 Å². The minimum absolute atomic E-state index is 0.0735. The van der Waals surface area contributed by atoms with Gasteiger partial charge in [-0.3, -0.25) is 14.8 Å². The highest BCUT2D eigenvalue weighted by Crippen LogP contribution is 2.20. The zero-order valence-corrected chi connectivity index (χ0v) is 12.8. The maximum atomic E-state index is 11.7. The van der Waals surface area contributed by atoms with E-state index < -0.39 is 10.9 Å². The van der Waals surface area contributed by atoms with Gasteiger partial charge in [-0.25, -0.2) is 5.06 Å². The number of hydrogen-bond donors (Lipinski definition) is 2. The van der Waals surface area contributed by atoms with Crippen molar-refractivity contribution in [1.29, 1.82) is 0 Å². The zero-order valence-electron chi connectivity index (χ0n) is 12.8. The Labute approximate surface area is 129 Å². The quantitative estimate of drug-likeness (QED) is 0.423. The van der Waals surface area contributed by atoms with Crippen molar-refractivity contribution in [2.75, 3.05) is 16.9 Å². The van der Waals surface area contributed by atoms with Crippen molar-refractivity contribution in [3.63, 3.8) is 0 Å². The number of rotatable bonds is 9. The number of nitrogens with one attached hydrogen (secondary N) is 1. The minimum Gasteiger partial charge on any atom is -0.380 e. The molecule has 5 heteroatoms. The second-order valence-corrected chi connectivity index (χ2v) is 5.41. The fourth-order valence-corrected chi connectivity index (χ4v) is 2.39. The van der Waals surface area contributed by atoms with E-state index in [4.69, 9.17) is 0 Å². The van der Waals surface area contributed by atoms with E-state index >= 15 is 0 Å². The molecular formula is C17H22N2O3. The lowest BCUT2D eigenvalue weighted by Gasteiger charge is -2.21. The van der Waals surface area contributed by atoms with E-state index in [1.54, 1.807) is 0 Å². The number of hydroxylamine groups is 1. The smallest absolute Gasteiger partial charge is 0.255 e. The Morgan fingerprint density at radius 2 is 1.77 bits per heavy atom. The first kappa shape index (κ1) is 16.2. The molecule has 0 aromatic heterocycles. The Bertz CT molecular complexity index is 660. The van der Waals surface area contributed by atoms with Crippen LogP contribution in [0.25, 0.3) is 0 Å². The Morgan fingerprint density at radius 1 is 1.05 bits per heavy atom. The van der Waals surface area contributed by atoms with Gasteiger partial charge in [0.05, 0.1) is 6.54 Å². The molecule has 0 aliphatic heterocycles. The van der Waals surface area contributed by atoms with E-state index in [1.165, 1.54) is 0 Å². The molecule has 2 aromatic carbocycles. The van der Waals surface area contributed by atoms with Crippen LogP contribution in [0.5, 0.6) is 0 Å². The summed E-state index contributed by atoms with van der Waals surface area (Å²) in [4.78, 5) is 23.3.